The number of halogens is 5. The van der Waals surface area contributed by atoms with Gasteiger partial charge in [0.1, 0.15) is 6.54 Å². The third-order valence-electron chi connectivity index (χ3n) is 3.53. The van der Waals surface area contributed by atoms with E-state index in [0.29, 0.717) is 4.90 Å². The largest absolute Gasteiger partial charge is 0.406 e. The second kappa shape index (κ2) is 6.65. The number of rotatable bonds is 4. The van der Waals surface area contributed by atoms with Crippen molar-refractivity contribution in [2.75, 3.05) is 6.54 Å². The van der Waals surface area contributed by atoms with E-state index in [2.05, 4.69) is 4.99 Å². The van der Waals surface area contributed by atoms with Crippen LogP contribution in [0.15, 0.2) is 23.2 Å². The number of alkyl halides is 5. The quantitative estimate of drug-likeness (QED) is 0.484. The molecule has 25 heavy (non-hydrogen) atoms. The number of fused-ring (bicyclic) bond motifs is 1. The molecule has 1 aromatic carbocycles. The molecule has 136 valence electrons. The van der Waals surface area contributed by atoms with Crippen LogP contribution in [0.4, 0.5) is 22.0 Å². The lowest BCUT2D eigenvalue weighted by Gasteiger charge is -2.25. The van der Waals surface area contributed by atoms with E-state index in [1.54, 1.807) is 0 Å². The highest BCUT2D eigenvalue weighted by Gasteiger charge is 2.44. The number of benzene rings is 1. The molecule has 0 aromatic heterocycles. The van der Waals surface area contributed by atoms with Gasteiger partial charge in [0.25, 0.3) is 18.2 Å². The smallest absolute Gasteiger partial charge is 0.370 e. The molecular weight excluding hydrogens is 351 g/mol. The number of carbonyl (C=O) groups is 2. The van der Waals surface area contributed by atoms with Crippen molar-refractivity contribution in [3.05, 3.63) is 34.9 Å². The minimum absolute atomic E-state index is 0.0915. The third-order valence-corrected chi connectivity index (χ3v) is 3.53. The summed E-state index contributed by atoms with van der Waals surface area (Å²) < 4.78 is 64.0. The van der Waals surface area contributed by atoms with Crippen molar-refractivity contribution in [2.24, 2.45) is 16.5 Å². The van der Waals surface area contributed by atoms with E-state index < -0.39 is 54.9 Å². The molecule has 2 amide bonds. The molecule has 1 aromatic rings. The summed E-state index contributed by atoms with van der Waals surface area (Å²) in [6, 6.07) is 1.50. The van der Waals surface area contributed by atoms with Crippen molar-refractivity contribution in [3.63, 3.8) is 0 Å². The Morgan fingerprint density at radius 1 is 1.28 bits per heavy atom. The number of nitrogens with zero attached hydrogens (tertiary/aromatic N) is 2. The average molecular weight is 364 g/mol. The highest BCUT2D eigenvalue weighted by molar-refractivity contribution is 6.00. The lowest BCUT2D eigenvalue weighted by Crippen LogP contribution is -2.37. The predicted octanol–water partition coefficient (Wildman–Crippen LogP) is 1.87. The zero-order chi connectivity index (χ0) is 18.9. The SMILES string of the molecule is NC(N)=NC(=O)C[C@H]1c2cc(C(F)F)ccc2C(=O)N1CC(F)(F)F. The van der Waals surface area contributed by atoms with Crippen LogP contribution in [0.25, 0.3) is 0 Å². The van der Waals surface area contributed by atoms with Crippen LogP contribution in [0.3, 0.4) is 0 Å². The molecule has 0 saturated carbocycles. The monoisotopic (exact) mass is 364 g/mol. The maximum absolute atomic E-state index is 12.9. The Kier molecular flexibility index (Phi) is 4.95. The standard InChI is InChI=1S/C14H13F5N4O2/c15-11(16)6-1-2-7-8(3-6)9(4-10(24)22-13(20)21)23(12(7)25)5-14(17,18)19/h1-3,9,11H,4-5H2,(H4,20,21,22,24)/t9-/m0/s1. The molecule has 0 radical (unpaired) electrons. The van der Waals surface area contributed by atoms with Gasteiger partial charge in [-0.1, -0.05) is 6.07 Å². The predicted molar refractivity (Wildman–Crippen MR) is 76.7 cm³/mol. The fourth-order valence-corrected chi connectivity index (χ4v) is 2.60. The zero-order valence-corrected chi connectivity index (χ0v) is 12.6. The Morgan fingerprint density at radius 2 is 1.92 bits per heavy atom. The van der Waals surface area contributed by atoms with Crippen LogP contribution in [-0.4, -0.2) is 35.4 Å². The van der Waals surface area contributed by atoms with E-state index in [1.165, 1.54) is 0 Å². The maximum Gasteiger partial charge on any atom is 0.406 e. The molecule has 0 spiro atoms. The van der Waals surface area contributed by atoms with Gasteiger partial charge in [-0.05, 0) is 17.7 Å². The molecule has 0 unspecified atom stereocenters. The van der Waals surface area contributed by atoms with Crippen LogP contribution in [0.5, 0.6) is 0 Å². The topological polar surface area (TPSA) is 102 Å². The van der Waals surface area contributed by atoms with Crippen molar-refractivity contribution in [1.29, 1.82) is 0 Å². The van der Waals surface area contributed by atoms with Crippen molar-refractivity contribution in [1.82, 2.24) is 4.90 Å². The van der Waals surface area contributed by atoms with Crippen LogP contribution < -0.4 is 11.5 Å². The highest BCUT2D eigenvalue weighted by atomic mass is 19.4. The number of nitrogens with two attached hydrogens (primary N) is 2. The summed E-state index contributed by atoms with van der Waals surface area (Å²) in [6.07, 6.45) is -8.29. The Hall–Kier alpha value is -2.72. The second-order valence-electron chi connectivity index (χ2n) is 5.35. The molecule has 0 saturated heterocycles. The van der Waals surface area contributed by atoms with Crippen molar-refractivity contribution < 1.29 is 31.5 Å². The zero-order valence-electron chi connectivity index (χ0n) is 12.6. The van der Waals surface area contributed by atoms with E-state index in [1.807, 2.05) is 0 Å². The van der Waals surface area contributed by atoms with E-state index in [9.17, 15) is 31.5 Å². The minimum Gasteiger partial charge on any atom is -0.370 e. The molecular formula is C14H13F5N4O2. The number of amides is 2. The molecule has 0 aliphatic carbocycles. The highest BCUT2D eigenvalue weighted by Crippen LogP contribution is 2.39. The van der Waals surface area contributed by atoms with Crippen LogP contribution >= 0.6 is 0 Å². The molecule has 0 bridgehead atoms. The first-order chi connectivity index (χ1) is 11.5. The van der Waals surface area contributed by atoms with Gasteiger partial charge in [0.2, 0.25) is 0 Å². The first kappa shape index (κ1) is 18.6. The van der Waals surface area contributed by atoms with Crippen LogP contribution in [-0.2, 0) is 4.79 Å². The maximum atomic E-state index is 12.9. The van der Waals surface area contributed by atoms with E-state index in [4.69, 9.17) is 11.5 Å². The van der Waals surface area contributed by atoms with Crippen molar-refractivity contribution in [2.45, 2.75) is 25.1 Å². The van der Waals surface area contributed by atoms with Gasteiger partial charge in [0.05, 0.1) is 12.5 Å². The minimum atomic E-state index is -4.74. The van der Waals surface area contributed by atoms with Crippen molar-refractivity contribution in [3.8, 4) is 0 Å². The summed E-state index contributed by atoms with van der Waals surface area (Å²) in [5.74, 6) is -2.57. The lowest BCUT2D eigenvalue weighted by atomic mass is 9.99. The van der Waals surface area contributed by atoms with Crippen LogP contribution in [0, 0.1) is 0 Å². The van der Waals surface area contributed by atoms with Gasteiger partial charge in [0.15, 0.2) is 5.96 Å². The molecule has 1 atom stereocenters. The number of hydrogen-bond acceptors (Lipinski definition) is 2. The Morgan fingerprint density at radius 3 is 2.44 bits per heavy atom. The number of guanidine groups is 1. The van der Waals surface area contributed by atoms with Gasteiger partial charge in [-0.2, -0.15) is 18.2 Å². The third kappa shape index (κ3) is 4.22. The molecule has 1 heterocycles. The molecule has 11 heteroatoms. The fraction of sp³-hybridized carbons (Fsp3) is 0.357. The molecule has 1 aliphatic rings. The van der Waals surface area contributed by atoms with Gasteiger partial charge in [-0.25, -0.2) is 8.78 Å². The van der Waals surface area contributed by atoms with Gasteiger partial charge >= 0.3 is 6.18 Å². The fourth-order valence-electron chi connectivity index (χ4n) is 2.60. The number of carbonyl (C=O) groups excluding carboxylic acids is 2. The van der Waals surface area contributed by atoms with E-state index >= 15 is 0 Å². The summed E-state index contributed by atoms with van der Waals surface area (Å²) in [5, 5.41) is 0. The molecule has 6 nitrogen and oxygen atoms in total. The average Bonchev–Trinajstić information content (AvgIpc) is 2.70. The normalized spacial score (nSPS) is 17.0. The summed E-state index contributed by atoms with van der Waals surface area (Å²) in [6.45, 7) is -1.63. The van der Waals surface area contributed by atoms with Gasteiger partial charge in [0, 0.05) is 11.1 Å². The van der Waals surface area contributed by atoms with Gasteiger partial charge in [-0.15, -0.1) is 0 Å². The Bertz CT molecular complexity index is 728. The van der Waals surface area contributed by atoms with Crippen LogP contribution in [0.2, 0.25) is 0 Å². The summed E-state index contributed by atoms with van der Waals surface area (Å²) in [5.41, 5.74) is 9.34. The summed E-state index contributed by atoms with van der Waals surface area (Å²) in [4.78, 5) is 27.5. The lowest BCUT2D eigenvalue weighted by molar-refractivity contribution is -0.145. The van der Waals surface area contributed by atoms with Crippen molar-refractivity contribution >= 4 is 17.8 Å². The van der Waals surface area contributed by atoms with Gasteiger partial charge < -0.3 is 16.4 Å². The summed E-state index contributed by atoms with van der Waals surface area (Å²) >= 11 is 0. The number of hydrogen-bond donors (Lipinski definition) is 2. The Balaban J connectivity index is 2.45. The second-order valence-corrected chi connectivity index (χ2v) is 5.35. The molecule has 1 aliphatic heterocycles. The number of aliphatic imine (C=N–C) groups is 1. The Labute approximate surface area is 138 Å². The molecule has 0 fully saturated rings. The molecule has 2 rings (SSSR count). The molecule has 4 N–H and O–H groups in total. The van der Waals surface area contributed by atoms with E-state index in [0.717, 1.165) is 18.2 Å². The first-order valence-corrected chi connectivity index (χ1v) is 6.91. The van der Waals surface area contributed by atoms with Crippen LogP contribution in [0.1, 0.15) is 40.4 Å². The van der Waals surface area contributed by atoms with E-state index in [-0.39, 0.29) is 11.1 Å². The summed E-state index contributed by atoms with van der Waals surface area (Å²) in [7, 11) is 0. The first-order valence-electron chi connectivity index (χ1n) is 6.91. The van der Waals surface area contributed by atoms with Gasteiger partial charge in [-0.3, -0.25) is 9.59 Å².